The highest BCUT2D eigenvalue weighted by Crippen LogP contribution is 2.41. The summed E-state index contributed by atoms with van der Waals surface area (Å²) in [6, 6.07) is 16.6. The smallest absolute Gasteiger partial charge is 0.214 e. The van der Waals surface area contributed by atoms with Crippen LogP contribution in [0.2, 0.25) is 5.02 Å². The molecule has 3 aromatic carbocycles. The van der Waals surface area contributed by atoms with Gasteiger partial charge in [-0.25, -0.2) is 12.8 Å². The molecule has 0 bridgehead atoms. The van der Waals surface area contributed by atoms with E-state index in [0.29, 0.717) is 10.7 Å². The maximum atomic E-state index is 13.9. The second-order valence-corrected chi connectivity index (χ2v) is 8.97. The molecule has 1 aliphatic heterocycles. The van der Waals surface area contributed by atoms with Crippen molar-refractivity contribution in [1.82, 2.24) is 0 Å². The number of sulfone groups is 1. The van der Waals surface area contributed by atoms with Gasteiger partial charge < -0.3 is 4.90 Å². The monoisotopic (exact) mass is 427 g/mol. The first-order chi connectivity index (χ1) is 13.8. The molecule has 0 saturated carbocycles. The summed E-state index contributed by atoms with van der Waals surface area (Å²) in [5.74, 6) is -1.21. The Hall–Kier alpha value is -2.96. The molecule has 29 heavy (non-hydrogen) atoms. The molecule has 4 nitrogen and oxygen atoms in total. The van der Waals surface area contributed by atoms with E-state index in [4.69, 9.17) is 11.6 Å². The van der Waals surface area contributed by atoms with Crippen LogP contribution in [0.15, 0.2) is 82.7 Å². The zero-order chi connectivity index (χ0) is 20.8. The van der Waals surface area contributed by atoms with Crippen molar-refractivity contribution < 1.29 is 17.6 Å². The molecule has 0 spiro atoms. The highest BCUT2D eigenvalue weighted by Gasteiger charge is 2.36. The summed E-state index contributed by atoms with van der Waals surface area (Å²) in [4.78, 5) is 14.0. The highest BCUT2D eigenvalue weighted by atomic mass is 35.5. The molecule has 0 aromatic heterocycles. The molecule has 0 unspecified atom stereocenters. The second kappa shape index (κ2) is 7.13. The van der Waals surface area contributed by atoms with Crippen molar-refractivity contribution in [3.05, 3.63) is 99.8 Å². The van der Waals surface area contributed by atoms with Gasteiger partial charge in [0.15, 0.2) is 0 Å². The lowest BCUT2D eigenvalue weighted by atomic mass is 10.1. The molecule has 0 amide bonds. The minimum atomic E-state index is -4.13. The summed E-state index contributed by atoms with van der Waals surface area (Å²) in [5, 5.41) is 0.498. The summed E-state index contributed by atoms with van der Waals surface area (Å²) < 4.78 is 40.3. The van der Waals surface area contributed by atoms with Gasteiger partial charge in [0, 0.05) is 22.5 Å². The third kappa shape index (κ3) is 3.45. The molecule has 1 heterocycles. The number of benzene rings is 3. The number of hydrogen-bond acceptors (Lipinski definition) is 4. The van der Waals surface area contributed by atoms with E-state index in [1.807, 2.05) is 6.92 Å². The average molecular weight is 428 g/mol. The number of ketones is 1. The number of Topliss-reactive ketones (excluding diaryl/α,β-unsaturated/α-hetero) is 1. The van der Waals surface area contributed by atoms with Gasteiger partial charge in [0.1, 0.15) is 10.7 Å². The van der Waals surface area contributed by atoms with Crippen molar-refractivity contribution in [3.8, 4) is 0 Å². The molecule has 0 fully saturated rings. The van der Waals surface area contributed by atoms with Crippen LogP contribution < -0.4 is 4.90 Å². The SMILES string of the molecule is Cc1ccc(C(=O)C2=CN(c3ccc(Cl)cc3)c3cc(F)ccc3S2(=O)=O)cc1. The van der Waals surface area contributed by atoms with E-state index in [1.165, 1.54) is 17.2 Å². The molecular weight excluding hydrogens is 413 g/mol. The molecule has 0 N–H and O–H groups in total. The quantitative estimate of drug-likeness (QED) is 0.412. The van der Waals surface area contributed by atoms with E-state index in [-0.39, 0.29) is 21.1 Å². The van der Waals surface area contributed by atoms with Crippen molar-refractivity contribution in [1.29, 1.82) is 0 Å². The Morgan fingerprint density at radius 3 is 2.28 bits per heavy atom. The molecule has 146 valence electrons. The molecule has 0 atom stereocenters. The van der Waals surface area contributed by atoms with Gasteiger partial charge in [0.05, 0.1) is 10.6 Å². The van der Waals surface area contributed by atoms with Crippen LogP contribution in [0.5, 0.6) is 0 Å². The lowest BCUT2D eigenvalue weighted by Crippen LogP contribution is -2.26. The Balaban J connectivity index is 1.93. The fourth-order valence-corrected chi connectivity index (χ4v) is 4.77. The second-order valence-electron chi connectivity index (χ2n) is 6.65. The van der Waals surface area contributed by atoms with Gasteiger partial charge in [0.25, 0.3) is 0 Å². The Kier molecular flexibility index (Phi) is 4.76. The van der Waals surface area contributed by atoms with E-state index < -0.39 is 21.4 Å². The van der Waals surface area contributed by atoms with E-state index in [0.717, 1.165) is 17.7 Å². The largest absolute Gasteiger partial charge is 0.314 e. The Bertz CT molecular complexity index is 1250. The minimum absolute atomic E-state index is 0.132. The van der Waals surface area contributed by atoms with E-state index in [9.17, 15) is 17.6 Å². The van der Waals surface area contributed by atoms with E-state index in [2.05, 4.69) is 0 Å². The number of carbonyl (C=O) groups is 1. The number of rotatable bonds is 3. The lowest BCUT2D eigenvalue weighted by Gasteiger charge is -2.29. The first-order valence-corrected chi connectivity index (χ1v) is 10.6. The maximum Gasteiger partial charge on any atom is 0.214 e. The minimum Gasteiger partial charge on any atom is -0.314 e. The Labute approximate surface area is 172 Å². The number of anilines is 2. The summed E-state index contributed by atoms with van der Waals surface area (Å²) in [5.41, 5.74) is 1.89. The van der Waals surface area contributed by atoms with Crippen molar-refractivity contribution in [2.45, 2.75) is 11.8 Å². The number of aryl methyl sites for hydroxylation is 1. The lowest BCUT2D eigenvalue weighted by molar-refractivity contribution is 0.104. The summed E-state index contributed by atoms with van der Waals surface area (Å²) in [7, 11) is -4.13. The van der Waals surface area contributed by atoms with Crippen molar-refractivity contribution in [3.63, 3.8) is 0 Å². The molecule has 0 aliphatic carbocycles. The van der Waals surface area contributed by atoms with Gasteiger partial charge in [-0.05, 0) is 49.4 Å². The topological polar surface area (TPSA) is 54.5 Å². The standard InChI is InChI=1S/C22H15ClFNO3S/c1-14-2-4-15(5-3-14)22(26)21-13-25(18-9-6-16(23)7-10-18)19-12-17(24)8-11-20(19)29(21,27)28/h2-13H,1H3. The number of allylic oxidation sites excluding steroid dienone is 1. The first-order valence-electron chi connectivity index (χ1n) is 8.70. The number of fused-ring (bicyclic) bond motifs is 1. The normalized spacial score (nSPS) is 14.9. The molecule has 0 saturated heterocycles. The van der Waals surface area contributed by atoms with Gasteiger partial charge in [-0.3, -0.25) is 4.79 Å². The van der Waals surface area contributed by atoms with Crippen LogP contribution in [0, 0.1) is 12.7 Å². The molecular formula is C22H15ClFNO3S. The fraction of sp³-hybridized carbons (Fsp3) is 0.0455. The fourth-order valence-electron chi connectivity index (χ4n) is 3.12. The van der Waals surface area contributed by atoms with Gasteiger partial charge >= 0.3 is 0 Å². The van der Waals surface area contributed by atoms with E-state index in [1.54, 1.807) is 48.5 Å². The first kappa shape index (κ1) is 19.4. The molecule has 4 rings (SSSR count). The predicted molar refractivity (Wildman–Crippen MR) is 111 cm³/mol. The maximum absolute atomic E-state index is 13.9. The zero-order valence-electron chi connectivity index (χ0n) is 15.3. The highest BCUT2D eigenvalue weighted by molar-refractivity contribution is 7.96. The van der Waals surface area contributed by atoms with Gasteiger partial charge in [-0.2, -0.15) is 0 Å². The molecule has 3 aromatic rings. The summed E-state index contributed by atoms with van der Waals surface area (Å²) in [6.45, 7) is 1.87. The predicted octanol–water partition coefficient (Wildman–Crippen LogP) is 5.44. The third-order valence-corrected chi connectivity index (χ3v) is 6.69. The number of nitrogens with zero attached hydrogens (tertiary/aromatic N) is 1. The Morgan fingerprint density at radius 1 is 0.966 bits per heavy atom. The van der Waals surface area contributed by atoms with E-state index >= 15 is 0 Å². The molecule has 7 heteroatoms. The van der Waals surface area contributed by atoms with Crippen molar-refractivity contribution in [2.75, 3.05) is 4.90 Å². The Morgan fingerprint density at radius 2 is 1.62 bits per heavy atom. The van der Waals surface area contributed by atoms with Crippen LogP contribution in [0.1, 0.15) is 15.9 Å². The zero-order valence-corrected chi connectivity index (χ0v) is 16.8. The van der Waals surface area contributed by atoms with Gasteiger partial charge in [-0.15, -0.1) is 0 Å². The molecule has 0 radical (unpaired) electrons. The summed E-state index contributed by atoms with van der Waals surface area (Å²) in [6.07, 6.45) is 1.24. The van der Waals surface area contributed by atoms with Crippen LogP contribution in [0.25, 0.3) is 0 Å². The third-order valence-electron chi connectivity index (χ3n) is 4.65. The number of carbonyl (C=O) groups excluding carboxylic acids is 1. The van der Waals surface area contributed by atoms with Crippen LogP contribution in [-0.4, -0.2) is 14.2 Å². The van der Waals surface area contributed by atoms with Gasteiger partial charge in [-0.1, -0.05) is 41.4 Å². The molecule has 1 aliphatic rings. The van der Waals surface area contributed by atoms with Crippen molar-refractivity contribution >= 4 is 38.6 Å². The van der Waals surface area contributed by atoms with Gasteiger partial charge in [0.2, 0.25) is 15.6 Å². The van der Waals surface area contributed by atoms with Crippen LogP contribution in [0.4, 0.5) is 15.8 Å². The van der Waals surface area contributed by atoms with Crippen LogP contribution in [-0.2, 0) is 9.84 Å². The number of hydrogen-bond donors (Lipinski definition) is 0. The van der Waals surface area contributed by atoms with Crippen LogP contribution in [0.3, 0.4) is 0 Å². The summed E-state index contributed by atoms with van der Waals surface area (Å²) >= 11 is 5.95. The average Bonchev–Trinajstić information content (AvgIpc) is 2.69. The van der Waals surface area contributed by atoms with Crippen molar-refractivity contribution in [2.24, 2.45) is 0 Å². The van der Waals surface area contributed by atoms with Crippen LogP contribution >= 0.6 is 11.6 Å². The number of halogens is 2.